The maximum atomic E-state index is 13.2. The maximum absolute atomic E-state index is 13.2. The Morgan fingerprint density at radius 1 is 1.24 bits per heavy atom. The predicted octanol–water partition coefficient (Wildman–Crippen LogP) is 3.08. The van der Waals surface area contributed by atoms with E-state index < -0.39 is 11.8 Å². The second-order valence-electron chi connectivity index (χ2n) is 4.66. The summed E-state index contributed by atoms with van der Waals surface area (Å²) < 4.78 is 23.6. The maximum Gasteiger partial charge on any atom is 0.338 e. The number of rotatable bonds is 4. The van der Waals surface area contributed by atoms with Crippen molar-refractivity contribution >= 4 is 11.7 Å². The lowest BCUT2D eigenvalue weighted by Crippen LogP contribution is -2.07. The van der Waals surface area contributed by atoms with Crippen LogP contribution in [0.15, 0.2) is 36.4 Å². The van der Waals surface area contributed by atoms with Crippen molar-refractivity contribution in [3.8, 4) is 5.75 Å². The van der Waals surface area contributed by atoms with Crippen LogP contribution in [0.3, 0.4) is 0 Å². The molecule has 110 valence electrons. The Morgan fingerprint density at radius 3 is 2.67 bits per heavy atom. The number of aryl methyl sites for hydroxylation is 1. The van der Waals surface area contributed by atoms with Gasteiger partial charge < -0.3 is 15.2 Å². The molecule has 0 amide bonds. The van der Waals surface area contributed by atoms with Crippen molar-refractivity contribution in [2.45, 2.75) is 13.5 Å². The van der Waals surface area contributed by atoms with Gasteiger partial charge in [-0.15, -0.1) is 0 Å². The van der Waals surface area contributed by atoms with Crippen molar-refractivity contribution in [2.75, 3.05) is 12.8 Å². The van der Waals surface area contributed by atoms with Crippen LogP contribution in [0, 0.1) is 12.7 Å². The molecule has 0 bridgehead atoms. The lowest BCUT2D eigenvalue weighted by Gasteiger charge is -2.10. The summed E-state index contributed by atoms with van der Waals surface area (Å²) in [5, 5.41) is 0. The first kappa shape index (κ1) is 14.8. The molecular weight excluding hydrogens is 273 g/mol. The zero-order valence-electron chi connectivity index (χ0n) is 11.9. The van der Waals surface area contributed by atoms with Crippen LogP contribution in [0.4, 0.5) is 10.1 Å². The van der Waals surface area contributed by atoms with Crippen LogP contribution < -0.4 is 10.5 Å². The largest absolute Gasteiger partial charge is 0.496 e. The monoisotopic (exact) mass is 289 g/mol. The Labute approximate surface area is 122 Å². The first-order valence-corrected chi connectivity index (χ1v) is 6.36. The predicted molar refractivity (Wildman–Crippen MR) is 77.7 cm³/mol. The number of esters is 1. The summed E-state index contributed by atoms with van der Waals surface area (Å²) in [6.07, 6.45) is 0. The fourth-order valence-corrected chi connectivity index (χ4v) is 1.98. The number of ether oxygens (including phenoxy) is 2. The second-order valence-corrected chi connectivity index (χ2v) is 4.66. The molecule has 0 spiro atoms. The Morgan fingerprint density at radius 2 is 2.00 bits per heavy atom. The van der Waals surface area contributed by atoms with Gasteiger partial charge in [0.1, 0.15) is 18.2 Å². The van der Waals surface area contributed by atoms with E-state index in [2.05, 4.69) is 0 Å². The Balaban J connectivity index is 2.12. The highest BCUT2D eigenvalue weighted by Crippen LogP contribution is 2.21. The van der Waals surface area contributed by atoms with E-state index in [1.807, 2.05) is 19.1 Å². The van der Waals surface area contributed by atoms with Gasteiger partial charge in [0.25, 0.3) is 0 Å². The Kier molecular flexibility index (Phi) is 4.42. The van der Waals surface area contributed by atoms with Gasteiger partial charge in [0.05, 0.1) is 12.7 Å². The van der Waals surface area contributed by atoms with Gasteiger partial charge in [0.2, 0.25) is 0 Å². The van der Waals surface area contributed by atoms with Crippen LogP contribution in [0.25, 0.3) is 0 Å². The Bertz CT molecular complexity index is 650. The van der Waals surface area contributed by atoms with E-state index in [-0.39, 0.29) is 17.9 Å². The molecule has 2 N–H and O–H groups in total. The number of anilines is 1. The second kappa shape index (κ2) is 6.26. The van der Waals surface area contributed by atoms with E-state index in [1.54, 1.807) is 13.2 Å². The quantitative estimate of drug-likeness (QED) is 0.694. The Hall–Kier alpha value is -2.56. The number of hydrogen-bond donors (Lipinski definition) is 1. The minimum Gasteiger partial charge on any atom is -0.496 e. The minimum atomic E-state index is -0.634. The zero-order valence-corrected chi connectivity index (χ0v) is 11.9. The lowest BCUT2D eigenvalue weighted by molar-refractivity contribution is 0.0469. The molecule has 0 saturated carbocycles. The van der Waals surface area contributed by atoms with Gasteiger partial charge in [-0.1, -0.05) is 11.6 Å². The molecule has 0 heterocycles. The van der Waals surface area contributed by atoms with Crippen molar-refractivity contribution < 1.29 is 18.7 Å². The van der Waals surface area contributed by atoms with Gasteiger partial charge in [-0.25, -0.2) is 9.18 Å². The highest BCUT2D eigenvalue weighted by atomic mass is 19.1. The third kappa shape index (κ3) is 3.72. The number of nitrogen functional groups attached to an aromatic ring is 1. The topological polar surface area (TPSA) is 61.5 Å². The van der Waals surface area contributed by atoms with Gasteiger partial charge in [-0.2, -0.15) is 0 Å². The van der Waals surface area contributed by atoms with Crippen molar-refractivity contribution in [1.82, 2.24) is 0 Å². The summed E-state index contributed by atoms with van der Waals surface area (Å²) in [5.74, 6) is -0.577. The van der Waals surface area contributed by atoms with Gasteiger partial charge in [0, 0.05) is 11.3 Å². The molecule has 0 aliphatic heterocycles. The third-order valence-electron chi connectivity index (χ3n) is 2.95. The SMILES string of the molecule is COc1ccc(C)cc1COC(=O)c1cc(N)cc(F)c1. The highest BCUT2D eigenvalue weighted by Gasteiger charge is 2.11. The first-order valence-electron chi connectivity index (χ1n) is 6.36. The molecular formula is C16H16FNO3. The van der Waals surface area contributed by atoms with E-state index >= 15 is 0 Å². The highest BCUT2D eigenvalue weighted by molar-refractivity contribution is 5.90. The van der Waals surface area contributed by atoms with Crippen LogP contribution in [0.5, 0.6) is 5.75 Å². The molecule has 21 heavy (non-hydrogen) atoms. The molecule has 4 nitrogen and oxygen atoms in total. The molecule has 0 unspecified atom stereocenters. The number of hydrogen-bond acceptors (Lipinski definition) is 4. The number of methoxy groups -OCH3 is 1. The summed E-state index contributed by atoms with van der Waals surface area (Å²) in [7, 11) is 1.54. The standard InChI is InChI=1S/C16H16FNO3/c1-10-3-4-15(20-2)12(5-10)9-21-16(19)11-6-13(17)8-14(18)7-11/h3-8H,9,18H2,1-2H3. The van der Waals surface area contributed by atoms with Crippen LogP contribution >= 0.6 is 0 Å². The van der Waals surface area contributed by atoms with E-state index in [1.165, 1.54) is 6.07 Å². The average Bonchev–Trinajstić information content (AvgIpc) is 2.43. The summed E-state index contributed by atoms with van der Waals surface area (Å²) in [6.45, 7) is 1.97. The van der Waals surface area contributed by atoms with Crippen molar-refractivity contribution in [1.29, 1.82) is 0 Å². The number of nitrogens with two attached hydrogens (primary N) is 1. The first-order chi connectivity index (χ1) is 9.99. The van der Waals surface area contributed by atoms with Gasteiger partial charge in [-0.3, -0.25) is 0 Å². The molecule has 2 aromatic carbocycles. The van der Waals surface area contributed by atoms with Crippen molar-refractivity contribution in [3.05, 3.63) is 58.9 Å². The normalized spacial score (nSPS) is 10.2. The lowest BCUT2D eigenvalue weighted by atomic mass is 10.1. The van der Waals surface area contributed by atoms with Crippen molar-refractivity contribution in [3.63, 3.8) is 0 Å². The molecule has 2 rings (SSSR count). The molecule has 0 fully saturated rings. The van der Waals surface area contributed by atoms with Crippen LogP contribution in [-0.2, 0) is 11.3 Å². The molecule has 2 aromatic rings. The number of halogens is 1. The fraction of sp³-hybridized carbons (Fsp3) is 0.188. The smallest absolute Gasteiger partial charge is 0.338 e. The molecule has 0 aromatic heterocycles. The summed E-state index contributed by atoms with van der Waals surface area (Å²) >= 11 is 0. The molecule has 0 aliphatic rings. The molecule has 0 saturated heterocycles. The number of carbonyl (C=O) groups is 1. The molecule has 0 atom stereocenters. The number of carbonyl (C=O) groups excluding carboxylic acids is 1. The minimum absolute atomic E-state index is 0.0418. The van der Waals surface area contributed by atoms with Crippen LogP contribution in [-0.4, -0.2) is 13.1 Å². The molecule has 5 heteroatoms. The van der Waals surface area contributed by atoms with E-state index in [0.29, 0.717) is 5.75 Å². The molecule has 0 aliphatic carbocycles. The van der Waals surface area contributed by atoms with Crippen molar-refractivity contribution in [2.24, 2.45) is 0 Å². The fourth-order valence-electron chi connectivity index (χ4n) is 1.98. The van der Waals surface area contributed by atoms with Gasteiger partial charge in [-0.05, 0) is 37.3 Å². The summed E-state index contributed by atoms with van der Waals surface area (Å²) in [5.41, 5.74) is 7.53. The molecule has 0 radical (unpaired) electrons. The van der Waals surface area contributed by atoms with Gasteiger partial charge >= 0.3 is 5.97 Å². The zero-order chi connectivity index (χ0) is 15.4. The third-order valence-corrected chi connectivity index (χ3v) is 2.95. The average molecular weight is 289 g/mol. The van der Waals surface area contributed by atoms with Gasteiger partial charge in [0.15, 0.2) is 0 Å². The summed E-state index contributed by atoms with van der Waals surface area (Å²) in [4.78, 5) is 11.9. The number of benzene rings is 2. The van der Waals surface area contributed by atoms with Crippen LogP contribution in [0.1, 0.15) is 21.5 Å². The summed E-state index contributed by atoms with van der Waals surface area (Å²) in [6, 6.07) is 9.17. The van der Waals surface area contributed by atoms with E-state index in [9.17, 15) is 9.18 Å². The van der Waals surface area contributed by atoms with E-state index in [4.69, 9.17) is 15.2 Å². The van der Waals surface area contributed by atoms with Crippen LogP contribution in [0.2, 0.25) is 0 Å². The van der Waals surface area contributed by atoms with E-state index in [0.717, 1.165) is 23.3 Å².